The average Bonchev–Trinajstić information content (AvgIpc) is 3.11. The van der Waals surface area contributed by atoms with Gasteiger partial charge in [-0.15, -0.1) is 17.9 Å². The van der Waals surface area contributed by atoms with E-state index in [1.807, 2.05) is 23.6 Å². The van der Waals surface area contributed by atoms with Crippen molar-refractivity contribution in [2.45, 2.75) is 24.1 Å². The van der Waals surface area contributed by atoms with Crippen LogP contribution in [0.1, 0.15) is 11.1 Å². The number of aromatic nitrogens is 2. The molecule has 3 heterocycles. The number of allylic oxidation sites excluding steroid dienone is 1. The molecule has 2 aromatic heterocycles. The Labute approximate surface area is 163 Å². The highest BCUT2D eigenvalue weighted by Crippen LogP contribution is 2.35. The van der Waals surface area contributed by atoms with Crippen LogP contribution >= 0.6 is 34.7 Å². The first kappa shape index (κ1) is 17.6. The quantitative estimate of drug-likeness (QED) is 0.356. The predicted octanol–water partition coefficient (Wildman–Crippen LogP) is 4.46. The van der Waals surface area contributed by atoms with E-state index in [1.54, 1.807) is 10.6 Å². The third kappa shape index (κ3) is 3.27. The summed E-state index contributed by atoms with van der Waals surface area (Å²) < 4.78 is 12.6. The maximum atomic E-state index is 12.7. The van der Waals surface area contributed by atoms with Crippen LogP contribution < -0.4 is 10.3 Å². The first-order valence-electron chi connectivity index (χ1n) is 7.91. The Kier molecular flexibility index (Phi) is 5.04. The molecule has 0 aliphatic carbocycles. The van der Waals surface area contributed by atoms with Crippen molar-refractivity contribution in [3.05, 3.63) is 62.7 Å². The van der Waals surface area contributed by atoms with Gasteiger partial charge in [-0.25, -0.2) is 4.98 Å². The smallest absolute Gasteiger partial charge is 0.263 e. The molecule has 0 unspecified atom stereocenters. The molecule has 0 fully saturated rings. The van der Waals surface area contributed by atoms with Gasteiger partial charge in [0.25, 0.3) is 5.56 Å². The zero-order chi connectivity index (χ0) is 18.1. The zero-order valence-electron chi connectivity index (χ0n) is 13.7. The highest BCUT2D eigenvalue weighted by molar-refractivity contribution is 7.98. The van der Waals surface area contributed by atoms with Crippen LogP contribution in [0.2, 0.25) is 5.02 Å². The van der Waals surface area contributed by atoms with Crippen LogP contribution in [0.3, 0.4) is 0 Å². The van der Waals surface area contributed by atoms with Crippen molar-refractivity contribution >= 4 is 44.9 Å². The summed E-state index contributed by atoms with van der Waals surface area (Å²) in [6, 6.07) is 5.55. The monoisotopic (exact) mass is 406 g/mol. The van der Waals surface area contributed by atoms with E-state index in [4.69, 9.17) is 21.1 Å². The van der Waals surface area contributed by atoms with Gasteiger partial charge >= 0.3 is 0 Å². The summed E-state index contributed by atoms with van der Waals surface area (Å²) in [6.07, 6.45) is 1.70. The number of hydrogen-bond acceptors (Lipinski definition) is 6. The van der Waals surface area contributed by atoms with Gasteiger partial charge in [0.15, 0.2) is 11.9 Å². The number of fused-ring (bicyclic) bond motifs is 2. The largest absolute Gasteiger partial charge is 0.467 e. The van der Waals surface area contributed by atoms with E-state index >= 15 is 0 Å². The summed E-state index contributed by atoms with van der Waals surface area (Å²) in [5.74, 6) is 1.39. The van der Waals surface area contributed by atoms with Gasteiger partial charge in [0.05, 0.1) is 12.0 Å². The van der Waals surface area contributed by atoms with E-state index in [1.165, 1.54) is 23.1 Å². The minimum atomic E-state index is -0.0450. The van der Waals surface area contributed by atoms with Crippen LogP contribution in [-0.4, -0.2) is 16.3 Å². The maximum absolute atomic E-state index is 12.7. The lowest BCUT2D eigenvalue weighted by Gasteiger charge is -2.21. The zero-order valence-corrected chi connectivity index (χ0v) is 16.1. The average molecular weight is 407 g/mol. The fourth-order valence-electron chi connectivity index (χ4n) is 2.84. The van der Waals surface area contributed by atoms with Gasteiger partial charge in [0, 0.05) is 28.4 Å². The summed E-state index contributed by atoms with van der Waals surface area (Å²) >= 11 is 9.18. The molecule has 1 aliphatic heterocycles. The lowest BCUT2D eigenvalue weighted by molar-refractivity contribution is -0.0168. The number of benzene rings is 1. The Morgan fingerprint density at radius 2 is 2.35 bits per heavy atom. The topological polar surface area (TPSA) is 53.4 Å². The second-order valence-corrected chi connectivity index (χ2v) is 7.96. The van der Waals surface area contributed by atoms with E-state index in [0.717, 1.165) is 21.7 Å². The Bertz CT molecular complexity index is 1040. The van der Waals surface area contributed by atoms with Crippen LogP contribution in [-0.2, 0) is 23.6 Å². The molecule has 0 N–H and O–H groups in total. The van der Waals surface area contributed by atoms with E-state index in [9.17, 15) is 4.79 Å². The molecule has 0 radical (unpaired) electrons. The molecule has 5 nitrogen and oxygen atoms in total. The SMILES string of the molecule is C=CCn1c(SCc2cc(Cl)cc3c2OCOC3)nc2sccc2c1=O. The number of nitrogens with zero attached hydrogens (tertiary/aromatic N) is 2. The number of halogens is 1. The van der Waals surface area contributed by atoms with Gasteiger partial charge in [-0.3, -0.25) is 9.36 Å². The molecule has 4 rings (SSSR count). The normalized spacial score (nSPS) is 13.4. The van der Waals surface area contributed by atoms with Crippen molar-refractivity contribution in [2.24, 2.45) is 0 Å². The third-order valence-corrected chi connectivity index (χ3v) is 6.02. The van der Waals surface area contributed by atoms with Gasteiger partial charge in [0.2, 0.25) is 0 Å². The van der Waals surface area contributed by atoms with Gasteiger partial charge in [-0.2, -0.15) is 0 Å². The van der Waals surface area contributed by atoms with Gasteiger partial charge in [-0.05, 0) is 23.6 Å². The van der Waals surface area contributed by atoms with Gasteiger partial charge in [0.1, 0.15) is 10.6 Å². The number of rotatable bonds is 5. The van der Waals surface area contributed by atoms with Crippen LogP contribution in [0, 0.1) is 0 Å². The summed E-state index contributed by atoms with van der Waals surface area (Å²) in [5.41, 5.74) is 1.85. The van der Waals surface area contributed by atoms with E-state index in [-0.39, 0.29) is 12.4 Å². The van der Waals surface area contributed by atoms with Gasteiger partial charge in [-0.1, -0.05) is 29.4 Å². The molecule has 3 aromatic rings. The maximum Gasteiger partial charge on any atom is 0.263 e. The molecule has 0 amide bonds. The van der Waals surface area contributed by atoms with Crippen molar-refractivity contribution in [1.29, 1.82) is 0 Å². The molecule has 8 heteroatoms. The summed E-state index contributed by atoms with van der Waals surface area (Å²) in [4.78, 5) is 18.1. The number of thiophene rings is 1. The summed E-state index contributed by atoms with van der Waals surface area (Å²) in [5, 5.41) is 3.82. The molecule has 0 saturated carbocycles. The van der Waals surface area contributed by atoms with Crippen molar-refractivity contribution in [3.8, 4) is 5.75 Å². The molecular weight excluding hydrogens is 392 g/mol. The Morgan fingerprint density at radius 3 is 3.19 bits per heavy atom. The molecule has 0 atom stereocenters. The van der Waals surface area contributed by atoms with Crippen molar-refractivity contribution in [2.75, 3.05) is 6.79 Å². The van der Waals surface area contributed by atoms with E-state index < -0.39 is 0 Å². The Morgan fingerprint density at radius 1 is 1.46 bits per heavy atom. The molecule has 0 bridgehead atoms. The number of thioether (sulfide) groups is 1. The molecule has 0 saturated heterocycles. The van der Waals surface area contributed by atoms with Crippen molar-refractivity contribution in [3.63, 3.8) is 0 Å². The second kappa shape index (κ2) is 7.44. The number of ether oxygens (including phenoxy) is 2. The number of hydrogen-bond donors (Lipinski definition) is 0. The van der Waals surface area contributed by atoms with Crippen molar-refractivity contribution < 1.29 is 9.47 Å². The van der Waals surface area contributed by atoms with E-state index in [2.05, 4.69) is 11.6 Å². The summed E-state index contributed by atoms with van der Waals surface area (Å²) in [6.45, 7) is 4.87. The minimum absolute atomic E-state index is 0.0450. The van der Waals surface area contributed by atoms with E-state index in [0.29, 0.717) is 34.5 Å². The first-order valence-corrected chi connectivity index (χ1v) is 10.2. The molecular formula is C18H15ClN2O3S2. The molecule has 0 spiro atoms. The predicted molar refractivity (Wildman–Crippen MR) is 105 cm³/mol. The first-order chi connectivity index (χ1) is 12.7. The minimum Gasteiger partial charge on any atom is -0.467 e. The second-order valence-electron chi connectivity index (χ2n) is 5.69. The lowest BCUT2D eigenvalue weighted by Crippen LogP contribution is -2.22. The molecule has 1 aliphatic rings. The highest BCUT2D eigenvalue weighted by Gasteiger charge is 2.18. The fourth-order valence-corrected chi connectivity index (χ4v) is 4.88. The molecule has 26 heavy (non-hydrogen) atoms. The standard InChI is InChI=1S/C18H15ClN2O3S2/c1-2-4-21-17(22)14-3-5-25-16(14)20-18(21)26-9-12-7-13(19)6-11-8-23-10-24-15(11)12/h2-3,5-7H,1,4,8-10H2. The lowest BCUT2D eigenvalue weighted by atomic mass is 10.1. The Hall–Kier alpha value is -1.80. The van der Waals surface area contributed by atoms with Crippen LogP contribution in [0.5, 0.6) is 5.75 Å². The third-order valence-electron chi connectivity index (χ3n) is 3.97. The molecule has 1 aromatic carbocycles. The van der Waals surface area contributed by atoms with Crippen molar-refractivity contribution in [1.82, 2.24) is 9.55 Å². The van der Waals surface area contributed by atoms with Crippen LogP contribution in [0.4, 0.5) is 0 Å². The fraction of sp³-hybridized carbons (Fsp3) is 0.222. The van der Waals surface area contributed by atoms with Crippen LogP contribution in [0.25, 0.3) is 10.2 Å². The highest BCUT2D eigenvalue weighted by atomic mass is 35.5. The van der Waals surface area contributed by atoms with Gasteiger partial charge < -0.3 is 9.47 Å². The van der Waals surface area contributed by atoms with Crippen LogP contribution in [0.15, 0.2) is 46.2 Å². The Balaban J connectivity index is 1.70. The molecule has 134 valence electrons. The summed E-state index contributed by atoms with van der Waals surface area (Å²) in [7, 11) is 0.